The zero-order valence-electron chi connectivity index (χ0n) is 5.81. The summed E-state index contributed by atoms with van der Waals surface area (Å²) in [6.45, 7) is 3.43. The Morgan fingerprint density at radius 1 is 1.70 bits per heavy atom. The maximum absolute atomic E-state index is 3.43. The molecule has 0 saturated carbocycles. The van der Waals surface area contributed by atoms with E-state index < -0.39 is 0 Å². The zero-order valence-corrected chi connectivity index (χ0v) is 11.0. The average molecular weight is 365 g/mol. The van der Waals surface area contributed by atoms with Crippen LogP contribution in [-0.2, 0) is 25.8 Å². The molecular formula is C8H10BrHf-. The van der Waals surface area contributed by atoms with Gasteiger partial charge in [-0.15, -0.1) is 13.0 Å². The van der Waals surface area contributed by atoms with E-state index in [-0.39, 0.29) is 25.8 Å². The quantitative estimate of drug-likeness (QED) is 0.290. The minimum Gasteiger partial charge on any atom is -0.273 e. The molecule has 0 amide bonds. The zero-order chi connectivity index (χ0) is 6.95. The van der Waals surface area contributed by atoms with Crippen molar-refractivity contribution in [2.24, 2.45) is 0 Å². The Morgan fingerprint density at radius 3 is 2.40 bits per heavy atom. The van der Waals surface area contributed by atoms with Crippen molar-refractivity contribution in [3.05, 3.63) is 37.0 Å². The largest absolute Gasteiger partial charge is 0.273 e. The van der Waals surface area contributed by atoms with Crippen LogP contribution in [0.4, 0.5) is 0 Å². The Kier molecular flexibility index (Phi) is 16.2. The third-order valence-electron chi connectivity index (χ3n) is 0.695. The molecule has 0 aromatic rings. The van der Waals surface area contributed by atoms with Crippen LogP contribution >= 0.6 is 15.9 Å². The number of hydrogen-bond donors (Lipinski definition) is 0. The van der Waals surface area contributed by atoms with Gasteiger partial charge in [0, 0.05) is 31.2 Å². The summed E-state index contributed by atoms with van der Waals surface area (Å²) >= 11 is 3.13. The molecule has 2 heteroatoms. The van der Waals surface area contributed by atoms with Gasteiger partial charge in [0.2, 0.25) is 0 Å². The topological polar surface area (TPSA) is 0 Å². The van der Waals surface area contributed by atoms with Crippen molar-refractivity contribution in [1.29, 1.82) is 0 Å². The molecule has 0 saturated heterocycles. The predicted molar refractivity (Wildman–Crippen MR) is 45.6 cm³/mol. The van der Waals surface area contributed by atoms with Crippen LogP contribution in [0, 0.1) is 6.08 Å². The van der Waals surface area contributed by atoms with Crippen molar-refractivity contribution in [2.45, 2.75) is 6.42 Å². The fourth-order valence-corrected chi connectivity index (χ4v) is 0.340. The van der Waals surface area contributed by atoms with Gasteiger partial charge in [-0.1, -0.05) is 22.0 Å². The van der Waals surface area contributed by atoms with Crippen LogP contribution in [-0.4, -0.2) is 5.33 Å². The van der Waals surface area contributed by atoms with Crippen LogP contribution in [0.3, 0.4) is 0 Å². The van der Waals surface area contributed by atoms with Gasteiger partial charge in [-0.05, 0) is 0 Å². The standard InChI is InChI=1S/C5H5.C3H5Br.Hf/c1-2-4-5-3-1;1-2-3-4;/h1-3H,4H2;2H,1,3H2;/q-1;;. The Labute approximate surface area is 90.0 Å². The molecule has 0 nitrogen and oxygen atoms in total. The van der Waals surface area contributed by atoms with Crippen molar-refractivity contribution in [1.82, 2.24) is 0 Å². The van der Waals surface area contributed by atoms with Gasteiger partial charge in [-0.2, -0.15) is 6.08 Å². The molecule has 0 N–H and O–H groups in total. The minimum absolute atomic E-state index is 0. The normalized spacial score (nSPS) is 11.3. The molecule has 1 rings (SSSR count). The maximum Gasteiger partial charge on any atom is 0.0209 e. The number of hydrogen-bond acceptors (Lipinski definition) is 0. The number of rotatable bonds is 1. The van der Waals surface area contributed by atoms with E-state index in [1.54, 1.807) is 6.08 Å². The molecule has 0 aromatic heterocycles. The predicted octanol–water partition coefficient (Wildman–Crippen LogP) is 2.87. The summed E-state index contributed by atoms with van der Waals surface area (Å²) in [5, 5.41) is 0.896. The number of alkyl halides is 1. The third kappa shape index (κ3) is 11.4. The van der Waals surface area contributed by atoms with Gasteiger partial charge in [-0.3, -0.25) is 6.08 Å². The summed E-state index contributed by atoms with van der Waals surface area (Å²) in [4.78, 5) is 0. The molecule has 0 aliphatic heterocycles. The second-order valence-corrected chi connectivity index (χ2v) is 2.09. The van der Waals surface area contributed by atoms with Crippen molar-refractivity contribution in [3.8, 4) is 0 Å². The van der Waals surface area contributed by atoms with E-state index in [1.807, 2.05) is 12.2 Å². The summed E-state index contributed by atoms with van der Waals surface area (Å²) < 4.78 is 0. The van der Waals surface area contributed by atoms with E-state index in [0.29, 0.717) is 0 Å². The maximum atomic E-state index is 3.43. The van der Waals surface area contributed by atoms with Gasteiger partial charge >= 0.3 is 0 Å². The average Bonchev–Trinajstić information content (AvgIpc) is 2.43. The monoisotopic (exact) mass is 365 g/mol. The summed E-state index contributed by atoms with van der Waals surface area (Å²) in [5.41, 5.74) is 0. The fraction of sp³-hybridized carbons (Fsp3) is 0.250. The Balaban J connectivity index is 0. The van der Waals surface area contributed by atoms with Gasteiger partial charge in [-0.25, -0.2) is 12.2 Å². The van der Waals surface area contributed by atoms with Gasteiger partial charge in [0.25, 0.3) is 0 Å². The van der Waals surface area contributed by atoms with Crippen LogP contribution in [0.25, 0.3) is 0 Å². The first kappa shape index (κ1) is 13.2. The first-order chi connectivity index (χ1) is 4.41. The Bertz CT molecular complexity index is 106. The third-order valence-corrected chi connectivity index (χ3v) is 1.15. The van der Waals surface area contributed by atoms with E-state index in [4.69, 9.17) is 0 Å². The SMILES string of the molecule is C=CCBr.[C-]1=CC=CC1.[Hf]. The van der Waals surface area contributed by atoms with E-state index >= 15 is 0 Å². The van der Waals surface area contributed by atoms with Crippen LogP contribution in [0.15, 0.2) is 30.9 Å². The molecule has 1 aliphatic rings. The molecular weight excluding hydrogens is 354 g/mol. The molecule has 0 radical (unpaired) electrons. The van der Waals surface area contributed by atoms with Crippen molar-refractivity contribution >= 4 is 15.9 Å². The van der Waals surface area contributed by atoms with Crippen molar-refractivity contribution < 1.29 is 25.8 Å². The molecule has 0 heterocycles. The van der Waals surface area contributed by atoms with Crippen molar-refractivity contribution in [3.63, 3.8) is 0 Å². The molecule has 0 atom stereocenters. The fourth-order valence-electron chi connectivity index (χ4n) is 0.340. The molecule has 0 spiro atoms. The van der Waals surface area contributed by atoms with Crippen molar-refractivity contribution in [2.75, 3.05) is 5.33 Å². The van der Waals surface area contributed by atoms with Gasteiger partial charge in [0.1, 0.15) is 0 Å². The van der Waals surface area contributed by atoms with E-state index in [1.165, 1.54) is 0 Å². The Morgan fingerprint density at radius 2 is 2.30 bits per heavy atom. The van der Waals surface area contributed by atoms with Crippen LogP contribution in [0.2, 0.25) is 0 Å². The van der Waals surface area contributed by atoms with E-state index in [0.717, 1.165) is 11.8 Å². The molecule has 10 heavy (non-hydrogen) atoms. The first-order valence-corrected chi connectivity index (χ1v) is 3.92. The van der Waals surface area contributed by atoms with Crippen LogP contribution < -0.4 is 0 Å². The molecule has 0 fully saturated rings. The van der Waals surface area contributed by atoms with E-state index in [2.05, 4.69) is 34.7 Å². The molecule has 0 unspecified atom stereocenters. The summed E-state index contributed by atoms with van der Waals surface area (Å²) in [5.74, 6) is 0. The van der Waals surface area contributed by atoms with Crippen LogP contribution in [0.1, 0.15) is 6.42 Å². The molecule has 1 aliphatic carbocycles. The Hall–Kier alpha value is 0.570. The molecule has 54 valence electrons. The molecule has 0 aromatic carbocycles. The summed E-state index contributed by atoms with van der Waals surface area (Å²) in [6.07, 6.45) is 11.8. The minimum atomic E-state index is 0. The smallest absolute Gasteiger partial charge is 0.0209 e. The van der Waals surface area contributed by atoms with Gasteiger partial charge in [0.15, 0.2) is 0 Å². The van der Waals surface area contributed by atoms with E-state index in [9.17, 15) is 0 Å². The summed E-state index contributed by atoms with van der Waals surface area (Å²) in [7, 11) is 0. The van der Waals surface area contributed by atoms with Gasteiger partial charge in [0.05, 0.1) is 0 Å². The second-order valence-electron chi connectivity index (χ2n) is 1.45. The summed E-state index contributed by atoms with van der Waals surface area (Å²) in [6, 6.07) is 0. The first-order valence-electron chi connectivity index (χ1n) is 2.80. The van der Waals surface area contributed by atoms with Gasteiger partial charge < -0.3 is 0 Å². The number of halogens is 1. The number of allylic oxidation sites excluding steroid dienone is 5. The second kappa shape index (κ2) is 12.3. The molecule has 0 bridgehead atoms. The van der Waals surface area contributed by atoms with Crippen LogP contribution in [0.5, 0.6) is 0 Å².